The van der Waals surface area contributed by atoms with E-state index in [1.807, 2.05) is 6.07 Å². The van der Waals surface area contributed by atoms with Crippen molar-refractivity contribution in [3.8, 4) is 11.6 Å². The molecule has 2 aromatic heterocycles. The molecule has 18 heavy (non-hydrogen) atoms. The van der Waals surface area contributed by atoms with Crippen molar-refractivity contribution in [2.75, 3.05) is 0 Å². The van der Waals surface area contributed by atoms with Gasteiger partial charge in [0.15, 0.2) is 5.76 Å². The van der Waals surface area contributed by atoms with Crippen LogP contribution < -0.4 is 5.73 Å². The molecular formula is C13H17N3O2. The Morgan fingerprint density at radius 3 is 2.61 bits per heavy atom. The highest BCUT2D eigenvalue weighted by molar-refractivity contribution is 5.44. The summed E-state index contributed by atoms with van der Waals surface area (Å²) in [5, 5.41) is 3.95. The molecule has 1 aliphatic rings. The van der Waals surface area contributed by atoms with E-state index >= 15 is 0 Å². The Balaban J connectivity index is 1.88. The van der Waals surface area contributed by atoms with Crippen LogP contribution in [0.4, 0.5) is 0 Å². The second kappa shape index (κ2) is 4.57. The second-order valence-electron chi connectivity index (χ2n) is 4.97. The third-order valence-electron chi connectivity index (χ3n) is 3.59. The molecule has 96 valence electrons. The monoisotopic (exact) mass is 247 g/mol. The largest absolute Gasteiger partial charge is 0.461 e. The van der Waals surface area contributed by atoms with Gasteiger partial charge >= 0.3 is 0 Å². The van der Waals surface area contributed by atoms with Crippen molar-refractivity contribution in [2.24, 2.45) is 5.73 Å². The van der Waals surface area contributed by atoms with Crippen LogP contribution in [0.3, 0.4) is 0 Å². The SMILES string of the molecule is NC1(c2nc(-c3ccco3)no2)CCCCCC1. The molecule has 0 aliphatic heterocycles. The number of rotatable bonds is 2. The van der Waals surface area contributed by atoms with Crippen molar-refractivity contribution >= 4 is 0 Å². The highest BCUT2D eigenvalue weighted by Crippen LogP contribution is 2.33. The van der Waals surface area contributed by atoms with Crippen molar-refractivity contribution in [1.82, 2.24) is 10.1 Å². The van der Waals surface area contributed by atoms with Gasteiger partial charge in [-0.05, 0) is 25.0 Å². The minimum Gasteiger partial charge on any atom is -0.461 e. The molecule has 1 aliphatic carbocycles. The maximum absolute atomic E-state index is 6.42. The van der Waals surface area contributed by atoms with Crippen molar-refractivity contribution in [1.29, 1.82) is 0 Å². The van der Waals surface area contributed by atoms with Crippen LogP contribution in [0.2, 0.25) is 0 Å². The summed E-state index contributed by atoms with van der Waals surface area (Å²) in [5.41, 5.74) is 5.96. The fourth-order valence-electron chi connectivity index (χ4n) is 2.50. The molecule has 5 heteroatoms. The lowest BCUT2D eigenvalue weighted by Crippen LogP contribution is -2.36. The maximum Gasteiger partial charge on any atom is 0.247 e. The van der Waals surface area contributed by atoms with Gasteiger partial charge in [-0.15, -0.1) is 0 Å². The molecule has 5 nitrogen and oxygen atoms in total. The van der Waals surface area contributed by atoms with E-state index in [-0.39, 0.29) is 0 Å². The summed E-state index contributed by atoms with van der Waals surface area (Å²) >= 11 is 0. The fraction of sp³-hybridized carbons (Fsp3) is 0.538. The molecule has 0 saturated heterocycles. The van der Waals surface area contributed by atoms with E-state index in [1.54, 1.807) is 12.3 Å². The standard InChI is InChI=1S/C13H17N3O2/c14-13(7-3-1-2-4-8-13)12-15-11(16-18-12)10-6-5-9-17-10/h5-6,9H,1-4,7-8,14H2. The smallest absolute Gasteiger partial charge is 0.247 e. The first-order valence-electron chi connectivity index (χ1n) is 6.45. The van der Waals surface area contributed by atoms with Gasteiger partial charge in [0.05, 0.1) is 11.8 Å². The molecule has 0 aromatic carbocycles. The van der Waals surface area contributed by atoms with Crippen LogP contribution in [-0.4, -0.2) is 10.1 Å². The topological polar surface area (TPSA) is 78.1 Å². The average molecular weight is 247 g/mol. The van der Waals surface area contributed by atoms with Gasteiger partial charge in [0.1, 0.15) is 0 Å². The summed E-state index contributed by atoms with van der Waals surface area (Å²) in [7, 11) is 0. The molecule has 0 atom stereocenters. The van der Waals surface area contributed by atoms with Crippen molar-refractivity contribution in [2.45, 2.75) is 44.1 Å². The summed E-state index contributed by atoms with van der Waals surface area (Å²) in [4.78, 5) is 4.39. The molecule has 3 rings (SSSR count). The third kappa shape index (κ3) is 2.06. The van der Waals surface area contributed by atoms with Crippen molar-refractivity contribution in [3.05, 3.63) is 24.3 Å². The van der Waals surface area contributed by atoms with E-state index in [2.05, 4.69) is 10.1 Å². The van der Waals surface area contributed by atoms with Gasteiger partial charge in [0.25, 0.3) is 0 Å². The van der Waals surface area contributed by atoms with Gasteiger partial charge < -0.3 is 14.7 Å². The first-order valence-corrected chi connectivity index (χ1v) is 6.45. The first kappa shape index (κ1) is 11.5. The number of furan rings is 1. The summed E-state index contributed by atoms with van der Waals surface area (Å²) < 4.78 is 10.6. The van der Waals surface area contributed by atoms with Crippen molar-refractivity contribution < 1.29 is 8.94 Å². The molecule has 2 heterocycles. The Hall–Kier alpha value is -1.62. The normalized spacial score (nSPS) is 19.6. The zero-order chi connectivity index (χ0) is 12.4. The number of nitrogens with zero attached hydrogens (tertiary/aromatic N) is 2. The molecule has 2 N–H and O–H groups in total. The minimum atomic E-state index is -0.464. The third-order valence-corrected chi connectivity index (χ3v) is 3.59. The summed E-state index contributed by atoms with van der Waals surface area (Å²) in [5.74, 6) is 1.63. The van der Waals surface area contributed by atoms with Gasteiger partial charge in [-0.3, -0.25) is 0 Å². The van der Waals surface area contributed by atoms with Crippen LogP contribution in [-0.2, 0) is 5.54 Å². The lowest BCUT2D eigenvalue weighted by molar-refractivity contribution is 0.257. The highest BCUT2D eigenvalue weighted by Gasteiger charge is 2.34. The Bertz CT molecular complexity index is 496. The molecule has 2 aromatic rings. The first-order chi connectivity index (χ1) is 8.78. The predicted octanol–water partition coefficient (Wildman–Crippen LogP) is 2.84. The van der Waals surface area contributed by atoms with Crippen LogP contribution in [0.15, 0.2) is 27.3 Å². The zero-order valence-corrected chi connectivity index (χ0v) is 10.3. The molecule has 0 radical (unpaired) electrons. The summed E-state index contributed by atoms with van der Waals surface area (Å²) in [6.07, 6.45) is 8.12. The summed E-state index contributed by atoms with van der Waals surface area (Å²) in [6.45, 7) is 0. The van der Waals surface area contributed by atoms with Gasteiger partial charge in [-0.25, -0.2) is 0 Å². The summed E-state index contributed by atoms with van der Waals surface area (Å²) in [6, 6.07) is 3.61. The van der Waals surface area contributed by atoms with Crippen LogP contribution in [0, 0.1) is 0 Å². The molecule has 1 saturated carbocycles. The van der Waals surface area contributed by atoms with E-state index in [4.69, 9.17) is 14.7 Å². The molecular weight excluding hydrogens is 230 g/mol. The minimum absolute atomic E-state index is 0.464. The zero-order valence-electron chi connectivity index (χ0n) is 10.3. The quantitative estimate of drug-likeness (QED) is 0.825. The van der Waals surface area contributed by atoms with Crippen LogP contribution in [0.25, 0.3) is 11.6 Å². The average Bonchev–Trinajstić information content (AvgIpc) is 3.00. The van der Waals surface area contributed by atoms with E-state index in [1.165, 1.54) is 12.8 Å². The van der Waals surface area contributed by atoms with Crippen molar-refractivity contribution in [3.63, 3.8) is 0 Å². The fourth-order valence-corrected chi connectivity index (χ4v) is 2.50. The Kier molecular flexibility index (Phi) is 2.91. The van der Waals surface area contributed by atoms with E-state index in [0.29, 0.717) is 17.5 Å². The van der Waals surface area contributed by atoms with Crippen LogP contribution in [0.5, 0.6) is 0 Å². The lowest BCUT2D eigenvalue weighted by Gasteiger charge is -2.22. The lowest BCUT2D eigenvalue weighted by atomic mass is 9.91. The van der Waals surface area contributed by atoms with Gasteiger partial charge in [-0.1, -0.05) is 30.8 Å². The Morgan fingerprint density at radius 1 is 1.17 bits per heavy atom. The van der Waals surface area contributed by atoms with E-state index in [0.717, 1.165) is 25.7 Å². The predicted molar refractivity (Wildman–Crippen MR) is 65.6 cm³/mol. The van der Waals surface area contributed by atoms with E-state index in [9.17, 15) is 0 Å². The van der Waals surface area contributed by atoms with Gasteiger partial charge in [0, 0.05) is 0 Å². The molecule has 0 unspecified atom stereocenters. The molecule has 0 spiro atoms. The second-order valence-corrected chi connectivity index (χ2v) is 4.97. The molecule has 0 amide bonds. The maximum atomic E-state index is 6.42. The number of aromatic nitrogens is 2. The van der Waals surface area contributed by atoms with Gasteiger partial charge in [0.2, 0.25) is 11.7 Å². The van der Waals surface area contributed by atoms with Crippen LogP contribution >= 0.6 is 0 Å². The highest BCUT2D eigenvalue weighted by atomic mass is 16.5. The van der Waals surface area contributed by atoms with E-state index < -0.39 is 5.54 Å². The Labute approximate surface area is 105 Å². The number of hydrogen-bond donors (Lipinski definition) is 1. The van der Waals surface area contributed by atoms with Crippen LogP contribution in [0.1, 0.15) is 44.4 Å². The molecule has 1 fully saturated rings. The Morgan fingerprint density at radius 2 is 1.94 bits per heavy atom. The number of hydrogen-bond acceptors (Lipinski definition) is 5. The van der Waals surface area contributed by atoms with Gasteiger partial charge in [-0.2, -0.15) is 4.98 Å². The molecule has 0 bridgehead atoms. The number of nitrogens with two attached hydrogens (primary N) is 1.